The molecule has 190 valence electrons. The Kier molecular flexibility index (Phi) is 7.12. The van der Waals surface area contributed by atoms with Gasteiger partial charge in [-0.25, -0.2) is 8.78 Å². The third kappa shape index (κ3) is 4.89. The summed E-state index contributed by atoms with van der Waals surface area (Å²) >= 11 is 0. The number of piperidine rings is 3. The maximum Gasteiger partial charge on any atom is 0.255 e. The molecule has 3 aliphatic heterocycles. The second-order valence-electron chi connectivity index (χ2n) is 10.5. The molecule has 6 N–H and O–H groups in total. The van der Waals surface area contributed by atoms with E-state index in [1.54, 1.807) is 0 Å². The lowest BCUT2D eigenvalue weighted by Gasteiger charge is -2.54. The second kappa shape index (κ2) is 9.75. The van der Waals surface area contributed by atoms with Crippen molar-refractivity contribution in [3.8, 4) is 0 Å². The highest BCUT2D eigenvalue weighted by atomic mass is 19.3. The summed E-state index contributed by atoms with van der Waals surface area (Å²) in [5, 5.41) is 5.22. The molecule has 3 saturated heterocycles. The first-order valence-corrected chi connectivity index (χ1v) is 12.4. The molecular weight excluding hydrogens is 448 g/mol. The van der Waals surface area contributed by atoms with E-state index in [0.717, 1.165) is 25.7 Å². The Morgan fingerprint density at radius 3 is 2.44 bits per heavy atom. The average molecular weight is 484 g/mol. The highest BCUT2D eigenvalue weighted by molar-refractivity contribution is 5.94. The average Bonchev–Trinajstić information content (AvgIpc) is 2.75. The van der Waals surface area contributed by atoms with E-state index in [1.165, 1.54) is 4.90 Å². The normalized spacial score (nSPS) is 32.3. The molecule has 4 amide bonds. The number of hydrogen-bond acceptors (Lipinski definition) is 5. The maximum atomic E-state index is 14.8. The molecule has 0 aromatic carbocycles. The molecule has 5 fully saturated rings. The highest BCUT2D eigenvalue weighted by Gasteiger charge is 2.61. The van der Waals surface area contributed by atoms with Crippen LogP contribution in [0.25, 0.3) is 0 Å². The first kappa shape index (κ1) is 24.8. The van der Waals surface area contributed by atoms with Crippen LogP contribution >= 0.6 is 0 Å². The van der Waals surface area contributed by atoms with Gasteiger partial charge in [0.1, 0.15) is 12.1 Å². The van der Waals surface area contributed by atoms with Crippen LogP contribution in [-0.4, -0.2) is 65.2 Å². The van der Waals surface area contributed by atoms with Crippen LogP contribution in [0.2, 0.25) is 0 Å². The highest BCUT2D eigenvalue weighted by Crippen LogP contribution is 2.49. The summed E-state index contributed by atoms with van der Waals surface area (Å²) in [6.07, 6.45) is 4.78. The van der Waals surface area contributed by atoms with Crippen molar-refractivity contribution >= 4 is 23.6 Å². The van der Waals surface area contributed by atoms with Gasteiger partial charge < -0.3 is 27.0 Å². The number of nitrogens with one attached hydrogen (secondary N) is 2. The molecule has 2 saturated carbocycles. The number of rotatable bonds is 8. The van der Waals surface area contributed by atoms with Crippen LogP contribution in [0.1, 0.15) is 64.2 Å². The van der Waals surface area contributed by atoms with E-state index >= 15 is 0 Å². The van der Waals surface area contributed by atoms with Gasteiger partial charge in [-0.1, -0.05) is 19.3 Å². The zero-order chi connectivity index (χ0) is 24.6. The zero-order valence-corrected chi connectivity index (χ0v) is 19.3. The maximum absolute atomic E-state index is 14.8. The predicted octanol–water partition coefficient (Wildman–Crippen LogP) is 0.405. The minimum Gasteiger partial charge on any atom is -0.368 e. The minimum absolute atomic E-state index is 0.0146. The Morgan fingerprint density at radius 2 is 1.85 bits per heavy atom. The van der Waals surface area contributed by atoms with E-state index in [0.29, 0.717) is 31.7 Å². The number of amides is 4. The van der Waals surface area contributed by atoms with Crippen LogP contribution in [0.4, 0.5) is 8.78 Å². The number of alkyl halides is 2. The van der Waals surface area contributed by atoms with E-state index in [4.69, 9.17) is 11.5 Å². The Morgan fingerprint density at radius 1 is 1.12 bits per heavy atom. The number of fused-ring (bicyclic) bond motifs is 3. The third-order valence-corrected chi connectivity index (χ3v) is 8.17. The molecule has 34 heavy (non-hydrogen) atoms. The molecule has 11 heteroatoms. The van der Waals surface area contributed by atoms with E-state index < -0.39 is 66.1 Å². The molecule has 0 aromatic rings. The summed E-state index contributed by atoms with van der Waals surface area (Å²) in [5.41, 5.74) is 11.7. The summed E-state index contributed by atoms with van der Waals surface area (Å²) in [5.74, 6) is -7.03. The monoisotopic (exact) mass is 483 g/mol. The number of nitrogens with zero attached hydrogens (tertiary/aromatic N) is 1. The first-order chi connectivity index (χ1) is 16.1. The van der Waals surface area contributed by atoms with Crippen molar-refractivity contribution in [3.05, 3.63) is 0 Å². The molecule has 0 aromatic heterocycles. The number of nitrogens with two attached hydrogens (primary N) is 2. The third-order valence-electron chi connectivity index (χ3n) is 8.17. The van der Waals surface area contributed by atoms with Crippen molar-refractivity contribution in [1.82, 2.24) is 15.5 Å². The molecule has 5 aliphatic rings. The van der Waals surface area contributed by atoms with Crippen molar-refractivity contribution in [3.63, 3.8) is 0 Å². The Bertz CT molecular complexity index is 836. The number of hydrogen-bond donors (Lipinski definition) is 4. The summed E-state index contributed by atoms with van der Waals surface area (Å²) in [6, 6.07) is -4.27. The Hall–Kier alpha value is -2.30. The predicted molar refractivity (Wildman–Crippen MR) is 118 cm³/mol. The first-order valence-electron chi connectivity index (χ1n) is 12.4. The summed E-state index contributed by atoms with van der Waals surface area (Å²) < 4.78 is 29.7. The summed E-state index contributed by atoms with van der Waals surface area (Å²) in [6.45, 7) is 0.543. The van der Waals surface area contributed by atoms with Gasteiger partial charge in [0.05, 0.1) is 12.0 Å². The van der Waals surface area contributed by atoms with Crippen LogP contribution in [0.5, 0.6) is 0 Å². The Balaban J connectivity index is 1.52. The molecule has 5 rings (SSSR count). The van der Waals surface area contributed by atoms with Crippen LogP contribution in [0.15, 0.2) is 0 Å². The molecule has 2 aliphatic carbocycles. The van der Waals surface area contributed by atoms with Crippen molar-refractivity contribution in [1.29, 1.82) is 0 Å². The molecule has 9 nitrogen and oxygen atoms in total. The van der Waals surface area contributed by atoms with Crippen LogP contribution in [0.3, 0.4) is 0 Å². The van der Waals surface area contributed by atoms with Gasteiger partial charge in [-0.3, -0.25) is 19.2 Å². The van der Waals surface area contributed by atoms with E-state index in [1.807, 2.05) is 0 Å². The van der Waals surface area contributed by atoms with Crippen LogP contribution in [0, 0.1) is 17.8 Å². The lowest BCUT2D eigenvalue weighted by molar-refractivity contribution is -0.195. The van der Waals surface area contributed by atoms with E-state index in [2.05, 4.69) is 10.6 Å². The fourth-order valence-corrected chi connectivity index (χ4v) is 6.05. The quantitative estimate of drug-likeness (QED) is 0.395. The van der Waals surface area contributed by atoms with E-state index in [-0.39, 0.29) is 18.7 Å². The van der Waals surface area contributed by atoms with Gasteiger partial charge in [0.15, 0.2) is 0 Å². The lowest BCUT2D eigenvalue weighted by atomic mass is 9.71. The van der Waals surface area contributed by atoms with Crippen LogP contribution < -0.4 is 22.1 Å². The van der Waals surface area contributed by atoms with Crippen molar-refractivity contribution in [2.75, 3.05) is 6.54 Å². The van der Waals surface area contributed by atoms with Gasteiger partial charge in [-0.2, -0.15) is 0 Å². The van der Waals surface area contributed by atoms with Gasteiger partial charge in [-0.15, -0.1) is 0 Å². The number of halogens is 2. The fourth-order valence-electron chi connectivity index (χ4n) is 6.05. The van der Waals surface area contributed by atoms with Gasteiger partial charge in [-0.05, 0) is 44.4 Å². The number of carbonyl (C=O) groups excluding carboxylic acids is 4. The van der Waals surface area contributed by atoms with Gasteiger partial charge in [0.25, 0.3) is 5.92 Å². The zero-order valence-electron chi connectivity index (χ0n) is 19.3. The smallest absolute Gasteiger partial charge is 0.255 e. The molecule has 3 heterocycles. The van der Waals surface area contributed by atoms with Gasteiger partial charge in [0.2, 0.25) is 23.6 Å². The van der Waals surface area contributed by atoms with Crippen molar-refractivity contribution < 1.29 is 28.0 Å². The van der Waals surface area contributed by atoms with Crippen LogP contribution in [-0.2, 0) is 19.2 Å². The minimum atomic E-state index is -3.11. The Labute approximate surface area is 197 Å². The second-order valence-corrected chi connectivity index (χ2v) is 10.5. The lowest BCUT2D eigenvalue weighted by Crippen LogP contribution is -2.70. The standard InChI is InChI=1S/C23H35F2N5O4/c24-23(25)11-14-6-7-15(23)18(30(14)22(34)16(26)9-12-3-1-4-12)21(33)29-17(19(27)31)10-13-5-2-8-28-20(13)32/h12-18H,1-11,26H2,(H2,27,31)(H,28,32)(H,29,33)/t13-,14-,15-,16-,17-,18+/m0/s1. The largest absolute Gasteiger partial charge is 0.368 e. The molecular formula is C23H35F2N5O4. The van der Waals surface area contributed by atoms with E-state index in [9.17, 15) is 28.0 Å². The molecule has 6 atom stereocenters. The summed E-state index contributed by atoms with van der Waals surface area (Å²) in [7, 11) is 0. The summed E-state index contributed by atoms with van der Waals surface area (Å²) in [4.78, 5) is 52.1. The molecule has 2 bridgehead atoms. The SMILES string of the molecule is NC(=O)[C@H](C[C@@H]1CCCNC1=O)NC(=O)[C@H]1[C@@H]2CC[C@@H](CC2(F)F)N1C(=O)[C@@H](N)CC1CCC1. The topological polar surface area (TPSA) is 148 Å². The molecule has 0 unspecified atom stereocenters. The van der Waals surface area contributed by atoms with Gasteiger partial charge >= 0.3 is 0 Å². The van der Waals surface area contributed by atoms with Crippen molar-refractivity contribution in [2.45, 2.75) is 94.3 Å². The number of primary amides is 1. The van der Waals surface area contributed by atoms with Gasteiger partial charge in [0, 0.05) is 24.9 Å². The fraction of sp³-hybridized carbons (Fsp3) is 0.826. The number of carbonyl (C=O) groups is 4. The molecule has 0 spiro atoms. The molecule has 0 radical (unpaired) electrons. The van der Waals surface area contributed by atoms with Crippen molar-refractivity contribution in [2.24, 2.45) is 29.2 Å².